The zero-order chi connectivity index (χ0) is 92.3. The number of carbonyl (C=O) groups excluding carboxylic acids is 15. The minimum absolute atomic E-state index is 0.00338. The first-order valence-electron chi connectivity index (χ1n) is 43.5. The number of nitrogens with one attached hydrogen (secondary N) is 14. The lowest BCUT2D eigenvalue weighted by molar-refractivity contribution is -0.143. The smallest absolute Gasteiger partial charge is 0.407 e. The maximum absolute atomic E-state index is 14.7. The number of carbonyl (C=O) groups is 16. The monoisotopic (exact) mass is 1730 g/mol. The van der Waals surface area contributed by atoms with Crippen LogP contribution in [0.25, 0.3) is 11.1 Å². The molecule has 0 saturated heterocycles. The number of primary amides is 1. The Morgan fingerprint density at radius 3 is 1.04 bits per heavy atom. The first-order chi connectivity index (χ1) is 58.1. The van der Waals surface area contributed by atoms with Gasteiger partial charge in [-0.1, -0.05) is 138 Å². The first-order valence-corrected chi connectivity index (χ1v) is 43.5. The normalized spacial score (nSPS) is 15.2. The zero-order valence-corrected chi connectivity index (χ0v) is 74.4. The van der Waals surface area contributed by atoms with E-state index < -0.39 is 198 Å². The molecule has 15 amide bonds. The van der Waals surface area contributed by atoms with Crippen molar-refractivity contribution in [1.82, 2.24) is 74.4 Å². The van der Waals surface area contributed by atoms with Gasteiger partial charge in [0.25, 0.3) is 0 Å². The van der Waals surface area contributed by atoms with Crippen LogP contribution < -0.4 is 103 Å². The summed E-state index contributed by atoms with van der Waals surface area (Å²) in [6.45, 7) is 24.0. The molecule has 123 heavy (non-hydrogen) atoms. The van der Waals surface area contributed by atoms with Crippen molar-refractivity contribution in [2.75, 3.05) is 39.3 Å². The molecule has 1 aliphatic rings. The number of carboxylic acids is 1. The number of fused-ring (bicyclic) bond motifs is 3. The Balaban J connectivity index is 1.79. The number of hydrogen-bond donors (Lipinski definition) is 20. The maximum atomic E-state index is 14.7. The first kappa shape index (κ1) is 107. The number of benzene rings is 2. The molecule has 25 N–H and O–H groups in total. The van der Waals surface area contributed by atoms with Gasteiger partial charge in [-0.2, -0.15) is 0 Å². The van der Waals surface area contributed by atoms with Gasteiger partial charge in [0.05, 0.1) is 6.42 Å². The average molecular weight is 1730 g/mol. The van der Waals surface area contributed by atoms with Gasteiger partial charge in [0.1, 0.15) is 91.7 Å². The molecular weight excluding hydrogens is 1590 g/mol. The molecule has 0 fully saturated rings. The third kappa shape index (κ3) is 38.1. The fourth-order valence-electron chi connectivity index (χ4n) is 14.0. The Labute approximate surface area is 723 Å². The highest BCUT2D eigenvalue weighted by molar-refractivity contribution is 6.01. The quantitative estimate of drug-likeness (QED) is 0.0414. The fraction of sp³-hybridized carbons (Fsp3) is 0.674. The van der Waals surface area contributed by atoms with E-state index in [1.54, 1.807) is 83.1 Å². The van der Waals surface area contributed by atoms with Gasteiger partial charge in [-0.25, -0.2) is 9.59 Å². The van der Waals surface area contributed by atoms with Crippen molar-refractivity contribution in [3.8, 4) is 11.1 Å². The van der Waals surface area contributed by atoms with Gasteiger partial charge < -0.3 is 113 Å². The Hall–Kier alpha value is -10.4. The maximum Gasteiger partial charge on any atom is 0.407 e. The van der Waals surface area contributed by atoms with Gasteiger partial charge in [0.15, 0.2) is 0 Å². The number of hydrogen-bond acceptors (Lipinski definition) is 21. The third-order valence-corrected chi connectivity index (χ3v) is 21.0. The molecule has 0 spiro atoms. The van der Waals surface area contributed by atoms with E-state index >= 15 is 0 Å². The molecule has 0 unspecified atom stereocenters. The van der Waals surface area contributed by atoms with E-state index in [4.69, 9.17) is 33.4 Å². The molecule has 0 bridgehead atoms. The number of unbranched alkanes of at least 4 members (excludes halogenated alkanes) is 4. The summed E-state index contributed by atoms with van der Waals surface area (Å²) in [7, 11) is 0. The molecule has 1 aliphatic carbocycles. The second kappa shape index (κ2) is 55.7. The van der Waals surface area contributed by atoms with Crippen LogP contribution in [-0.4, -0.2) is 218 Å². The lowest BCUT2D eigenvalue weighted by Crippen LogP contribution is -2.61. The molecule has 690 valence electrons. The summed E-state index contributed by atoms with van der Waals surface area (Å²) in [5, 5.41) is 46.8. The number of aliphatic carboxylic acids is 1. The topological polar surface area (TPSA) is 601 Å². The van der Waals surface area contributed by atoms with Gasteiger partial charge >= 0.3 is 12.1 Å². The third-order valence-electron chi connectivity index (χ3n) is 21.0. The molecule has 0 saturated carbocycles. The lowest BCUT2D eigenvalue weighted by Gasteiger charge is -2.29. The van der Waals surface area contributed by atoms with Crippen LogP contribution in [0.15, 0.2) is 48.5 Å². The zero-order valence-electron chi connectivity index (χ0n) is 74.4. The molecule has 3 rings (SSSR count). The molecular formula is C86H143N19O18. The van der Waals surface area contributed by atoms with E-state index in [-0.39, 0.29) is 114 Å². The van der Waals surface area contributed by atoms with Crippen LogP contribution in [0.1, 0.15) is 230 Å². The fourth-order valence-corrected chi connectivity index (χ4v) is 14.0. The minimum atomic E-state index is -1.63. The minimum Gasteiger partial charge on any atom is -0.480 e. The Kier molecular flexibility index (Phi) is 48.3. The predicted octanol–water partition coefficient (Wildman–Crippen LogP) is 1.23. The Morgan fingerprint density at radius 2 is 0.675 bits per heavy atom. The molecule has 0 heterocycles. The van der Waals surface area contributed by atoms with Crippen LogP contribution in [0.3, 0.4) is 0 Å². The largest absolute Gasteiger partial charge is 0.480 e. The van der Waals surface area contributed by atoms with Crippen LogP contribution in [0, 0.1) is 35.5 Å². The van der Waals surface area contributed by atoms with E-state index in [0.29, 0.717) is 57.8 Å². The summed E-state index contributed by atoms with van der Waals surface area (Å²) < 4.78 is 5.55. The molecule has 14 atom stereocenters. The van der Waals surface area contributed by atoms with Crippen LogP contribution in [-0.2, 0) is 76.7 Å². The second-order valence-corrected chi connectivity index (χ2v) is 34.0. The molecule has 0 radical (unpaired) electrons. The Bertz CT molecular complexity index is 3760. The van der Waals surface area contributed by atoms with Crippen molar-refractivity contribution in [2.24, 2.45) is 64.2 Å². The van der Waals surface area contributed by atoms with Gasteiger partial charge in [-0.3, -0.25) is 67.1 Å². The van der Waals surface area contributed by atoms with Crippen molar-refractivity contribution in [1.29, 1.82) is 0 Å². The Morgan fingerprint density at radius 1 is 0.366 bits per heavy atom. The van der Waals surface area contributed by atoms with Crippen molar-refractivity contribution in [3.63, 3.8) is 0 Å². The summed E-state index contributed by atoms with van der Waals surface area (Å²) >= 11 is 0. The number of alkyl carbamates (subject to hydrolysis) is 1. The second-order valence-electron chi connectivity index (χ2n) is 34.0. The molecule has 37 nitrogen and oxygen atoms in total. The van der Waals surface area contributed by atoms with Gasteiger partial charge in [-0.15, -0.1) is 0 Å². The van der Waals surface area contributed by atoms with Crippen molar-refractivity contribution >= 4 is 94.8 Å². The van der Waals surface area contributed by atoms with Crippen LogP contribution in [0.2, 0.25) is 0 Å². The van der Waals surface area contributed by atoms with E-state index in [2.05, 4.69) is 74.4 Å². The van der Waals surface area contributed by atoms with Crippen LogP contribution in [0.4, 0.5) is 4.79 Å². The van der Waals surface area contributed by atoms with Crippen LogP contribution in [0.5, 0.6) is 0 Å². The van der Waals surface area contributed by atoms with E-state index in [1.807, 2.05) is 48.5 Å². The summed E-state index contributed by atoms with van der Waals surface area (Å²) in [4.78, 5) is 222. The summed E-state index contributed by atoms with van der Waals surface area (Å²) in [6.07, 6.45) is 2.19. The highest BCUT2D eigenvalue weighted by Crippen LogP contribution is 2.44. The standard InChI is InChI=1S/C86H143N19O18/c1-15-52(12)72(84(119)103-68(85(120)121)43-50(8)9)105-78(113)63(35-23-27-39-90)98-75(110)60(32-20-24-36-87)96-73(108)53(13)94-83(118)71(51(10)11)104-74(109)54(14)93-79(114)64(40-47(2)3)101-81(116)66(42-49(6)7)100-77(112)62(34-22-26-38-89)97-76(111)61(33-21-25-37-88)99-80(115)65(41-48(4)5)102-82(117)67(44-69(91)106)95-70(107)45-92-86(122)123-46-59-57-30-18-16-28-55(57)56-29-17-19-31-58(56)59/h16-19,28-31,47-54,59-68,71-72H,15,20-27,32-46,87-90H2,1-14H3,(H2,91,106)(H,92,122)(H,93,114)(H,94,118)(H,95,107)(H,96,108)(H,97,111)(H,98,110)(H,99,115)(H,100,112)(H,101,116)(H,102,117)(H,103,119)(H,104,109)(H,105,113)(H,120,121)/t52-,53-,54-,60-,61-,62-,63-,64-,65-,66-,67-,68-,71-,72-/m0/s1. The number of ether oxygens (including phenoxy) is 1. The molecule has 0 aliphatic heterocycles. The molecule has 2 aromatic carbocycles. The number of rotatable bonds is 59. The highest BCUT2D eigenvalue weighted by atomic mass is 16.5. The predicted molar refractivity (Wildman–Crippen MR) is 465 cm³/mol. The number of nitrogens with two attached hydrogens (primary N) is 5. The average Bonchev–Trinajstić information content (AvgIpc) is 1.61. The molecule has 0 aromatic heterocycles. The molecule has 37 heteroatoms. The highest BCUT2D eigenvalue weighted by Gasteiger charge is 2.39. The van der Waals surface area contributed by atoms with E-state index in [0.717, 1.165) is 22.3 Å². The summed E-state index contributed by atoms with van der Waals surface area (Å²) in [5.41, 5.74) is 32.8. The lowest BCUT2D eigenvalue weighted by atomic mass is 9.96. The van der Waals surface area contributed by atoms with Gasteiger partial charge in [-0.05, 0) is 201 Å². The van der Waals surface area contributed by atoms with Crippen molar-refractivity contribution in [2.45, 2.75) is 297 Å². The number of carboxylic acid groups (broad SMARTS) is 1. The van der Waals surface area contributed by atoms with Gasteiger partial charge in [0, 0.05) is 5.92 Å². The van der Waals surface area contributed by atoms with Crippen molar-refractivity contribution in [3.05, 3.63) is 59.7 Å². The van der Waals surface area contributed by atoms with E-state index in [1.165, 1.54) is 13.8 Å². The summed E-state index contributed by atoms with van der Waals surface area (Å²) in [6, 6.07) is -1.78. The van der Waals surface area contributed by atoms with Crippen LogP contribution >= 0.6 is 0 Å². The SMILES string of the molecule is CC[C@H](C)[C@H](NC(=O)[C@H](CCCCN)NC(=O)[C@H](CCCCN)NC(=O)[C@H](C)NC(=O)[C@@H](NC(=O)[C@H](C)NC(=O)[C@H](CC(C)C)NC(=O)[C@H](CC(C)C)NC(=O)[C@H](CCCCN)NC(=O)[C@H](CCCCN)NC(=O)[C@H](CC(C)C)NC(=O)[C@H](CC(N)=O)NC(=O)CNC(=O)OCC1c2ccccc2-c2ccccc21)C(C)C)C(=O)N[C@@H](CC(C)C)C(=O)O. The van der Waals surface area contributed by atoms with Gasteiger partial charge in [0.2, 0.25) is 82.7 Å². The van der Waals surface area contributed by atoms with Crippen molar-refractivity contribution < 1.29 is 86.6 Å². The number of amides is 15. The summed E-state index contributed by atoms with van der Waals surface area (Å²) in [5.74, 6) is -15.0. The van der Waals surface area contributed by atoms with E-state index in [9.17, 15) is 81.8 Å². The molecule has 2 aromatic rings.